The molecular formula is C13H9NO4S. The molecule has 0 saturated heterocycles. The minimum absolute atomic E-state index is 0.0500. The summed E-state index contributed by atoms with van der Waals surface area (Å²) >= 11 is 1.56. The van der Waals surface area contributed by atoms with E-state index >= 15 is 0 Å². The number of carbonyl (C=O) groups excluding carboxylic acids is 1. The van der Waals surface area contributed by atoms with Gasteiger partial charge in [-0.1, -0.05) is 11.2 Å². The normalized spacial score (nSPS) is 10.5. The van der Waals surface area contributed by atoms with Crippen molar-refractivity contribution in [2.24, 2.45) is 0 Å². The molecule has 0 N–H and O–H groups in total. The minimum Gasteiger partial charge on any atom is -0.457 e. The lowest BCUT2D eigenvalue weighted by molar-refractivity contribution is 0.0428. The van der Waals surface area contributed by atoms with Crippen LogP contribution in [0.15, 0.2) is 50.9 Å². The number of nitrogens with zero attached hydrogens (tertiary/aromatic N) is 1. The summed E-state index contributed by atoms with van der Waals surface area (Å²) in [5.74, 6) is 0.312. The largest absolute Gasteiger partial charge is 0.457 e. The highest BCUT2D eigenvalue weighted by molar-refractivity contribution is 7.13. The minimum atomic E-state index is -0.523. The maximum Gasteiger partial charge on any atom is 0.374 e. The summed E-state index contributed by atoms with van der Waals surface area (Å²) in [6, 6.07) is 8.79. The molecule has 19 heavy (non-hydrogen) atoms. The number of furan rings is 1. The molecule has 0 aliphatic carbocycles. The molecule has 0 aliphatic rings. The average Bonchev–Trinajstić information content (AvgIpc) is 3.14. The molecule has 6 heteroatoms. The third-order valence-corrected chi connectivity index (χ3v) is 3.28. The molecule has 0 aliphatic heterocycles. The Balaban J connectivity index is 1.63. The Hall–Kier alpha value is -2.34. The van der Waals surface area contributed by atoms with E-state index in [2.05, 4.69) is 5.16 Å². The third-order valence-electron chi connectivity index (χ3n) is 2.40. The Morgan fingerprint density at radius 2 is 2.32 bits per heavy atom. The molecule has 96 valence electrons. The molecule has 3 aromatic heterocycles. The molecule has 3 rings (SSSR count). The van der Waals surface area contributed by atoms with Crippen molar-refractivity contribution in [3.8, 4) is 10.6 Å². The Labute approximate surface area is 112 Å². The van der Waals surface area contributed by atoms with Crippen LogP contribution in [0.1, 0.15) is 16.2 Å². The van der Waals surface area contributed by atoms with E-state index in [0.717, 1.165) is 4.88 Å². The summed E-state index contributed by atoms with van der Waals surface area (Å²) in [6.07, 6.45) is 1.42. The van der Waals surface area contributed by atoms with E-state index < -0.39 is 5.97 Å². The van der Waals surface area contributed by atoms with Crippen LogP contribution in [0, 0.1) is 0 Å². The SMILES string of the molecule is O=C(OCc1cc(-c2cccs2)on1)c1ccco1. The van der Waals surface area contributed by atoms with Gasteiger partial charge in [-0.3, -0.25) is 0 Å². The van der Waals surface area contributed by atoms with E-state index in [0.29, 0.717) is 11.5 Å². The van der Waals surface area contributed by atoms with Crippen LogP contribution in [0.5, 0.6) is 0 Å². The number of thiophene rings is 1. The number of aromatic nitrogens is 1. The number of rotatable bonds is 4. The lowest BCUT2D eigenvalue weighted by Crippen LogP contribution is -2.03. The highest BCUT2D eigenvalue weighted by Gasteiger charge is 2.13. The maximum absolute atomic E-state index is 11.5. The lowest BCUT2D eigenvalue weighted by atomic mass is 10.3. The number of hydrogen-bond acceptors (Lipinski definition) is 6. The Bertz CT molecular complexity index is 655. The van der Waals surface area contributed by atoms with Gasteiger partial charge in [-0.05, 0) is 23.6 Å². The molecule has 0 atom stereocenters. The predicted octanol–water partition coefficient (Wildman–Crippen LogP) is 3.35. The van der Waals surface area contributed by atoms with Gasteiger partial charge in [0, 0.05) is 6.07 Å². The predicted molar refractivity (Wildman–Crippen MR) is 67.6 cm³/mol. The summed E-state index contributed by atoms with van der Waals surface area (Å²) in [7, 11) is 0. The molecule has 0 aromatic carbocycles. The first kappa shape index (κ1) is 11.7. The standard InChI is InChI=1S/C13H9NO4S/c15-13(10-3-1-5-16-10)17-8-9-7-11(18-14-9)12-4-2-6-19-12/h1-7H,8H2. The van der Waals surface area contributed by atoms with Crippen LogP contribution in [0.3, 0.4) is 0 Å². The van der Waals surface area contributed by atoms with E-state index in [9.17, 15) is 4.79 Å². The van der Waals surface area contributed by atoms with E-state index in [4.69, 9.17) is 13.7 Å². The molecule has 3 aromatic rings. The van der Waals surface area contributed by atoms with Gasteiger partial charge >= 0.3 is 5.97 Å². The lowest BCUT2D eigenvalue weighted by Gasteiger charge is -1.98. The second kappa shape index (κ2) is 5.11. The van der Waals surface area contributed by atoms with Crippen molar-refractivity contribution in [3.05, 3.63) is 53.4 Å². The van der Waals surface area contributed by atoms with Crippen molar-refractivity contribution >= 4 is 17.3 Å². The quantitative estimate of drug-likeness (QED) is 0.683. The van der Waals surface area contributed by atoms with Gasteiger partial charge in [0.1, 0.15) is 12.3 Å². The van der Waals surface area contributed by atoms with E-state index in [1.54, 1.807) is 29.5 Å². The van der Waals surface area contributed by atoms with Gasteiger partial charge in [0.05, 0.1) is 11.1 Å². The number of hydrogen-bond donors (Lipinski definition) is 0. The van der Waals surface area contributed by atoms with Crippen molar-refractivity contribution in [2.45, 2.75) is 6.61 Å². The second-order valence-corrected chi connectivity index (χ2v) is 4.66. The van der Waals surface area contributed by atoms with Crippen LogP contribution in [0.25, 0.3) is 10.6 Å². The van der Waals surface area contributed by atoms with E-state index in [1.165, 1.54) is 6.26 Å². The number of esters is 1. The monoisotopic (exact) mass is 275 g/mol. The van der Waals surface area contributed by atoms with Crippen molar-refractivity contribution in [2.75, 3.05) is 0 Å². The van der Waals surface area contributed by atoms with Gasteiger partial charge in [-0.15, -0.1) is 11.3 Å². The van der Waals surface area contributed by atoms with Crippen LogP contribution in [-0.2, 0) is 11.3 Å². The molecule has 0 saturated carbocycles. The Morgan fingerprint density at radius 3 is 3.05 bits per heavy atom. The molecule has 0 unspecified atom stereocenters. The Morgan fingerprint density at radius 1 is 1.37 bits per heavy atom. The average molecular weight is 275 g/mol. The summed E-state index contributed by atoms with van der Waals surface area (Å²) < 4.78 is 15.2. The van der Waals surface area contributed by atoms with Gasteiger partial charge in [0.2, 0.25) is 5.76 Å². The fourth-order valence-corrected chi connectivity index (χ4v) is 2.19. The van der Waals surface area contributed by atoms with Gasteiger partial charge in [0.25, 0.3) is 0 Å². The van der Waals surface area contributed by atoms with Gasteiger partial charge in [-0.25, -0.2) is 4.79 Å². The summed E-state index contributed by atoms with van der Waals surface area (Å²) in [4.78, 5) is 12.5. The topological polar surface area (TPSA) is 65.5 Å². The second-order valence-electron chi connectivity index (χ2n) is 3.71. The van der Waals surface area contributed by atoms with Crippen LogP contribution < -0.4 is 0 Å². The van der Waals surface area contributed by atoms with Crippen LogP contribution in [0.4, 0.5) is 0 Å². The van der Waals surface area contributed by atoms with Crippen LogP contribution in [-0.4, -0.2) is 11.1 Å². The zero-order valence-corrected chi connectivity index (χ0v) is 10.6. The molecule has 0 fully saturated rings. The smallest absolute Gasteiger partial charge is 0.374 e. The van der Waals surface area contributed by atoms with Gasteiger partial charge < -0.3 is 13.7 Å². The first-order valence-corrected chi connectivity index (χ1v) is 6.41. The van der Waals surface area contributed by atoms with E-state index in [1.807, 2.05) is 17.5 Å². The first-order chi connectivity index (χ1) is 9.33. The Kier molecular flexibility index (Phi) is 3.16. The van der Waals surface area contributed by atoms with Crippen molar-refractivity contribution in [1.29, 1.82) is 0 Å². The molecule has 0 amide bonds. The third kappa shape index (κ3) is 2.58. The first-order valence-electron chi connectivity index (χ1n) is 5.53. The maximum atomic E-state index is 11.5. The van der Waals surface area contributed by atoms with Crippen LogP contribution >= 0.6 is 11.3 Å². The molecule has 0 radical (unpaired) electrons. The zero-order valence-electron chi connectivity index (χ0n) is 9.74. The molecule has 3 heterocycles. The molecule has 0 bridgehead atoms. The highest BCUT2D eigenvalue weighted by Crippen LogP contribution is 2.25. The van der Waals surface area contributed by atoms with Crippen molar-refractivity contribution < 1.29 is 18.5 Å². The van der Waals surface area contributed by atoms with E-state index in [-0.39, 0.29) is 12.4 Å². The molecule has 5 nitrogen and oxygen atoms in total. The zero-order chi connectivity index (χ0) is 13.1. The van der Waals surface area contributed by atoms with Crippen molar-refractivity contribution in [1.82, 2.24) is 5.16 Å². The van der Waals surface area contributed by atoms with Crippen molar-refractivity contribution in [3.63, 3.8) is 0 Å². The molecular weight excluding hydrogens is 266 g/mol. The fraction of sp³-hybridized carbons (Fsp3) is 0.0769. The fourth-order valence-electron chi connectivity index (χ4n) is 1.52. The molecule has 0 spiro atoms. The summed E-state index contributed by atoms with van der Waals surface area (Å²) in [5, 5.41) is 5.80. The number of carbonyl (C=O) groups is 1. The summed E-state index contributed by atoms with van der Waals surface area (Å²) in [6.45, 7) is 0.0500. The van der Waals surface area contributed by atoms with Gasteiger partial charge in [0.15, 0.2) is 5.76 Å². The van der Waals surface area contributed by atoms with Gasteiger partial charge in [-0.2, -0.15) is 0 Å². The summed E-state index contributed by atoms with van der Waals surface area (Å²) in [5.41, 5.74) is 0.559. The highest BCUT2D eigenvalue weighted by atomic mass is 32.1. The number of ether oxygens (including phenoxy) is 1. The van der Waals surface area contributed by atoms with Crippen LogP contribution in [0.2, 0.25) is 0 Å².